The highest BCUT2D eigenvalue weighted by atomic mass is 16.5. The van der Waals surface area contributed by atoms with Crippen molar-refractivity contribution in [2.45, 2.75) is 20.4 Å². The Balaban J connectivity index is 2.62. The Kier molecular flexibility index (Phi) is 6.87. The van der Waals surface area contributed by atoms with Gasteiger partial charge in [-0.05, 0) is 30.2 Å². The first-order valence-electron chi connectivity index (χ1n) is 6.77. The van der Waals surface area contributed by atoms with E-state index in [4.69, 9.17) is 9.47 Å². The van der Waals surface area contributed by atoms with Gasteiger partial charge in [-0.1, -0.05) is 19.9 Å². The lowest BCUT2D eigenvalue weighted by Gasteiger charge is -2.12. The van der Waals surface area contributed by atoms with Crippen LogP contribution in [-0.2, 0) is 11.3 Å². The van der Waals surface area contributed by atoms with E-state index in [1.54, 1.807) is 14.2 Å². The molecule has 1 aromatic carbocycles. The molecule has 112 valence electrons. The van der Waals surface area contributed by atoms with Crippen LogP contribution < -0.4 is 20.1 Å². The average Bonchev–Trinajstić information content (AvgIpc) is 2.44. The van der Waals surface area contributed by atoms with Gasteiger partial charge in [-0.25, -0.2) is 0 Å². The Morgan fingerprint density at radius 3 is 2.65 bits per heavy atom. The second-order valence-corrected chi connectivity index (χ2v) is 4.97. The fraction of sp³-hybridized carbons (Fsp3) is 0.533. The van der Waals surface area contributed by atoms with E-state index < -0.39 is 0 Å². The molecule has 5 heteroatoms. The molecule has 0 bridgehead atoms. The third kappa shape index (κ3) is 5.48. The molecule has 1 aromatic rings. The van der Waals surface area contributed by atoms with E-state index in [0.29, 0.717) is 17.4 Å². The quantitative estimate of drug-likeness (QED) is 0.759. The molecule has 20 heavy (non-hydrogen) atoms. The SMILES string of the molecule is CNC(=O)COc1ccc(CNCC(C)C)cc1OC. The molecule has 0 heterocycles. The first-order valence-corrected chi connectivity index (χ1v) is 6.77. The van der Waals surface area contributed by atoms with Gasteiger partial charge in [0, 0.05) is 13.6 Å². The highest BCUT2D eigenvalue weighted by Crippen LogP contribution is 2.27. The zero-order chi connectivity index (χ0) is 15.0. The van der Waals surface area contributed by atoms with Gasteiger partial charge in [0.25, 0.3) is 5.91 Å². The molecular weight excluding hydrogens is 256 g/mol. The number of amides is 1. The van der Waals surface area contributed by atoms with Crippen LogP contribution >= 0.6 is 0 Å². The Labute approximate surface area is 120 Å². The predicted octanol–water partition coefficient (Wildman–Crippen LogP) is 1.57. The number of likely N-dealkylation sites (N-methyl/N-ethyl adjacent to an activating group) is 1. The van der Waals surface area contributed by atoms with Gasteiger partial charge in [-0.15, -0.1) is 0 Å². The van der Waals surface area contributed by atoms with Gasteiger partial charge in [-0.2, -0.15) is 0 Å². The van der Waals surface area contributed by atoms with Crippen molar-refractivity contribution in [1.29, 1.82) is 0 Å². The van der Waals surface area contributed by atoms with Crippen molar-refractivity contribution >= 4 is 5.91 Å². The molecule has 0 atom stereocenters. The van der Waals surface area contributed by atoms with Crippen molar-refractivity contribution in [3.8, 4) is 11.5 Å². The minimum atomic E-state index is -0.172. The summed E-state index contributed by atoms with van der Waals surface area (Å²) in [5.74, 6) is 1.66. The maximum Gasteiger partial charge on any atom is 0.257 e. The number of hydrogen-bond acceptors (Lipinski definition) is 4. The zero-order valence-corrected chi connectivity index (χ0v) is 12.7. The second kappa shape index (κ2) is 8.43. The van der Waals surface area contributed by atoms with Gasteiger partial charge in [0.05, 0.1) is 7.11 Å². The van der Waals surface area contributed by atoms with E-state index in [9.17, 15) is 4.79 Å². The number of methoxy groups -OCH3 is 1. The Morgan fingerprint density at radius 2 is 2.05 bits per heavy atom. The minimum Gasteiger partial charge on any atom is -0.493 e. The molecule has 0 unspecified atom stereocenters. The lowest BCUT2D eigenvalue weighted by atomic mass is 10.2. The maximum atomic E-state index is 11.2. The second-order valence-electron chi connectivity index (χ2n) is 4.97. The van der Waals surface area contributed by atoms with Crippen LogP contribution in [-0.4, -0.2) is 33.2 Å². The number of benzene rings is 1. The molecule has 0 aliphatic carbocycles. The summed E-state index contributed by atoms with van der Waals surface area (Å²) in [4.78, 5) is 11.2. The summed E-state index contributed by atoms with van der Waals surface area (Å²) in [6.07, 6.45) is 0. The van der Waals surface area contributed by atoms with E-state index in [1.165, 1.54) is 0 Å². The lowest BCUT2D eigenvalue weighted by molar-refractivity contribution is -0.122. The van der Waals surface area contributed by atoms with Crippen molar-refractivity contribution in [1.82, 2.24) is 10.6 Å². The summed E-state index contributed by atoms with van der Waals surface area (Å²) < 4.78 is 10.7. The van der Waals surface area contributed by atoms with Crippen molar-refractivity contribution in [3.63, 3.8) is 0 Å². The normalized spacial score (nSPS) is 10.4. The molecule has 0 saturated carbocycles. The highest BCUT2D eigenvalue weighted by Gasteiger charge is 2.08. The van der Waals surface area contributed by atoms with Gasteiger partial charge >= 0.3 is 0 Å². The fourth-order valence-corrected chi connectivity index (χ4v) is 1.66. The van der Waals surface area contributed by atoms with Gasteiger partial charge in [0.2, 0.25) is 0 Å². The summed E-state index contributed by atoms with van der Waals surface area (Å²) >= 11 is 0. The number of ether oxygens (including phenoxy) is 2. The zero-order valence-electron chi connectivity index (χ0n) is 12.7. The van der Waals surface area contributed by atoms with Gasteiger partial charge in [-0.3, -0.25) is 4.79 Å². The molecule has 5 nitrogen and oxygen atoms in total. The third-order valence-corrected chi connectivity index (χ3v) is 2.75. The fourth-order valence-electron chi connectivity index (χ4n) is 1.66. The van der Waals surface area contributed by atoms with E-state index in [1.807, 2.05) is 18.2 Å². The molecular formula is C15H24N2O3. The number of hydrogen-bond donors (Lipinski definition) is 2. The van der Waals surface area contributed by atoms with Gasteiger partial charge in [0.15, 0.2) is 18.1 Å². The molecule has 0 saturated heterocycles. The molecule has 0 aliphatic heterocycles. The standard InChI is InChI=1S/C15H24N2O3/c1-11(2)8-17-9-12-5-6-13(14(7-12)19-4)20-10-15(18)16-3/h5-7,11,17H,8-10H2,1-4H3,(H,16,18). The predicted molar refractivity (Wildman–Crippen MR) is 79.1 cm³/mol. The Bertz CT molecular complexity index is 433. The highest BCUT2D eigenvalue weighted by molar-refractivity contribution is 5.77. The van der Waals surface area contributed by atoms with Crippen molar-refractivity contribution in [2.75, 3.05) is 27.3 Å². The van der Waals surface area contributed by atoms with Gasteiger partial charge < -0.3 is 20.1 Å². The van der Waals surface area contributed by atoms with Crippen LogP contribution in [0.2, 0.25) is 0 Å². The Hall–Kier alpha value is -1.75. The van der Waals surface area contributed by atoms with Crippen LogP contribution in [0.3, 0.4) is 0 Å². The molecule has 0 fully saturated rings. The van der Waals surface area contributed by atoms with Crippen molar-refractivity contribution in [3.05, 3.63) is 23.8 Å². The molecule has 2 N–H and O–H groups in total. The molecule has 0 spiro atoms. The first-order chi connectivity index (χ1) is 9.56. The summed E-state index contributed by atoms with van der Waals surface area (Å²) in [7, 11) is 3.17. The smallest absolute Gasteiger partial charge is 0.257 e. The Morgan fingerprint density at radius 1 is 1.30 bits per heavy atom. The first kappa shape index (κ1) is 16.3. The number of carbonyl (C=O) groups excluding carboxylic acids is 1. The lowest BCUT2D eigenvalue weighted by Crippen LogP contribution is -2.25. The summed E-state index contributed by atoms with van der Waals surface area (Å²) in [6, 6.07) is 5.72. The monoisotopic (exact) mass is 280 g/mol. The van der Waals surface area contributed by atoms with E-state index in [-0.39, 0.29) is 12.5 Å². The molecule has 1 amide bonds. The number of carbonyl (C=O) groups is 1. The topological polar surface area (TPSA) is 59.6 Å². The van der Waals surface area contributed by atoms with E-state index in [2.05, 4.69) is 24.5 Å². The van der Waals surface area contributed by atoms with Crippen LogP contribution in [0.1, 0.15) is 19.4 Å². The number of rotatable bonds is 8. The molecule has 0 aromatic heterocycles. The largest absolute Gasteiger partial charge is 0.493 e. The number of nitrogens with one attached hydrogen (secondary N) is 2. The molecule has 0 radical (unpaired) electrons. The van der Waals surface area contributed by atoms with E-state index >= 15 is 0 Å². The van der Waals surface area contributed by atoms with Crippen LogP contribution in [0.15, 0.2) is 18.2 Å². The summed E-state index contributed by atoms with van der Waals surface area (Å²) in [5, 5.41) is 5.88. The minimum absolute atomic E-state index is 0.0161. The van der Waals surface area contributed by atoms with Crippen LogP contribution in [0.25, 0.3) is 0 Å². The van der Waals surface area contributed by atoms with Crippen molar-refractivity contribution < 1.29 is 14.3 Å². The summed E-state index contributed by atoms with van der Waals surface area (Å²) in [5.41, 5.74) is 1.12. The van der Waals surface area contributed by atoms with E-state index in [0.717, 1.165) is 18.7 Å². The average molecular weight is 280 g/mol. The summed E-state index contributed by atoms with van der Waals surface area (Å²) in [6.45, 7) is 6.08. The molecule has 0 aliphatic rings. The van der Waals surface area contributed by atoms with Crippen LogP contribution in [0.5, 0.6) is 11.5 Å². The van der Waals surface area contributed by atoms with Crippen molar-refractivity contribution in [2.24, 2.45) is 5.92 Å². The van der Waals surface area contributed by atoms with Crippen LogP contribution in [0.4, 0.5) is 0 Å². The maximum absolute atomic E-state index is 11.2. The molecule has 1 rings (SSSR count). The third-order valence-electron chi connectivity index (χ3n) is 2.75. The van der Waals surface area contributed by atoms with Crippen LogP contribution in [0, 0.1) is 5.92 Å². The van der Waals surface area contributed by atoms with Gasteiger partial charge in [0.1, 0.15) is 0 Å².